The average molecular weight is 431 g/mol. The molecule has 1 aliphatic heterocycles. The highest BCUT2D eigenvalue weighted by Gasteiger charge is 2.36. The van der Waals surface area contributed by atoms with E-state index in [0.29, 0.717) is 12.6 Å². The quantitative estimate of drug-likeness (QED) is 0.791. The minimum absolute atomic E-state index is 0.0251. The van der Waals surface area contributed by atoms with Crippen LogP contribution in [0, 0.1) is 5.92 Å². The number of para-hydroxylation sites is 1. The van der Waals surface area contributed by atoms with Gasteiger partial charge >= 0.3 is 0 Å². The van der Waals surface area contributed by atoms with Crippen LogP contribution in [0.3, 0.4) is 0 Å². The van der Waals surface area contributed by atoms with E-state index in [2.05, 4.69) is 26.3 Å². The van der Waals surface area contributed by atoms with Crippen molar-refractivity contribution in [2.24, 2.45) is 5.92 Å². The van der Waals surface area contributed by atoms with Gasteiger partial charge in [0.25, 0.3) is 0 Å². The van der Waals surface area contributed by atoms with Crippen LogP contribution in [0.4, 0.5) is 11.5 Å². The molecular formula is C20H23BrN4O2. The van der Waals surface area contributed by atoms with E-state index in [-0.39, 0.29) is 24.2 Å². The molecule has 2 aromatic rings. The zero-order chi connectivity index (χ0) is 18.8. The molecule has 7 heteroatoms. The number of carbonyl (C=O) groups excluding carboxylic acids is 2. The van der Waals surface area contributed by atoms with Gasteiger partial charge in [0.2, 0.25) is 11.8 Å². The Morgan fingerprint density at radius 1 is 1.15 bits per heavy atom. The summed E-state index contributed by atoms with van der Waals surface area (Å²) < 4.78 is 2.80. The van der Waals surface area contributed by atoms with E-state index < -0.39 is 0 Å². The Kier molecular flexibility index (Phi) is 5.29. The second-order valence-corrected chi connectivity index (χ2v) is 8.15. The monoisotopic (exact) mass is 430 g/mol. The van der Waals surface area contributed by atoms with E-state index >= 15 is 0 Å². The lowest BCUT2D eigenvalue weighted by Crippen LogP contribution is -2.29. The maximum absolute atomic E-state index is 12.8. The Balaban J connectivity index is 1.45. The molecule has 2 heterocycles. The van der Waals surface area contributed by atoms with E-state index in [9.17, 15) is 9.59 Å². The van der Waals surface area contributed by atoms with Gasteiger partial charge in [-0.25, -0.2) is 4.68 Å². The number of nitrogens with one attached hydrogen (secondary N) is 1. The fourth-order valence-electron chi connectivity index (χ4n) is 4.04. The van der Waals surface area contributed by atoms with Gasteiger partial charge in [0, 0.05) is 23.5 Å². The first-order valence-electron chi connectivity index (χ1n) is 9.53. The van der Waals surface area contributed by atoms with Crippen LogP contribution < -0.4 is 10.2 Å². The first kappa shape index (κ1) is 18.2. The van der Waals surface area contributed by atoms with Crippen molar-refractivity contribution in [3.05, 3.63) is 41.0 Å². The van der Waals surface area contributed by atoms with Crippen LogP contribution in [0.5, 0.6) is 0 Å². The Morgan fingerprint density at radius 2 is 1.93 bits per heavy atom. The normalized spacial score (nSPS) is 20.9. The van der Waals surface area contributed by atoms with Crippen LogP contribution in [0.1, 0.15) is 44.6 Å². The number of amides is 2. The molecule has 1 aliphatic carbocycles. The second kappa shape index (κ2) is 7.84. The molecule has 2 amide bonds. The smallest absolute Gasteiger partial charge is 0.230 e. The number of halogens is 1. The molecule has 1 saturated heterocycles. The molecule has 6 nitrogen and oxygen atoms in total. The number of hydrogen-bond donors (Lipinski definition) is 1. The van der Waals surface area contributed by atoms with Gasteiger partial charge in [0.15, 0.2) is 0 Å². The fourth-order valence-corrected chi connectivity index (χ4v) is 4.54. The van der Waals surface area contributed by atoms with E-state index in [1.54, 1.807) is 11.1 Å². The summed E-state index contributed by atoms with van der Waals surface area (Å²) in [5.41, 5.74) is 0.810. The minimum atomic E-state index is -0.362. The van der Waals surface area contributed by atoms with Gasteiger partial charge in [0.1, 0.15) is 5.82 Å². The number of rotatable bonds is 4. The lowest BCUT2D eigenvalue weighted by atomic mass is 9.96. The van der Waals surface area contributed by atoms with Crippen molar-refractivity contribution in [2.45, 2.75) is 44.6 Å². The van der Waals surface area contributed by atoms with Crippen LogP contribution in [0.25, 0.3) is 0 Å². The molecule has 2 aliphatic rings. The predicted octanol–water partition coefficient (Wildman–Crippen LogP) is 4.14. The Bertz CT molecular complexity index is 844. The third kappa shape index (κ3) is 3.78. The fraction of sp³-hybridized carbons (Fsp3) is 0.450. The van der Waals surface area contributed by atoms with E-state index in [1.807, 2.05) is 35.0 Å². The van der Waals surface area contributed by atoms with E-state index in [0.717, 1.165) is 28.8 Å². The van der Waals surface area contributed by atoms with Crippen molar-refractivity contribution in [3.63, 3.8) is 0 Å². The summed E-state index contributed by atoms with van der Waals surface area (Å²) in [7, 11) is 0. The molecule has 0 spiro atoms. The number of benzene rings is 1. The summed E-state index contributed by atoms with van der Waals surface area (Å²) in [6, 6.07) is 9.79. The molecule has 0 bridgehead atoms. The van der Waals surface area contributed by atoms with Crippen LogP contribution in [-0.2, 0) is 9.59 Å². The third-order valence-corrected chi connectivity index (χ3v) is 6.15. The van der Waals surface area contributed by atoms with Crippen LogP contribution in [0.2, 0.25) is 0 Å². The van der Waals surface area contributed by atoms with Gasteiger partial charge in [-0.1, -0.05) is 31.4 Å². The Labute approximate surface area is 167 Å². The highest BCUT2D eigenvalue weighted by molar-refractivity contribution is 9.10. The first-order chi connectivity index (χ1) is 13.1. The predicted molar refractivity (Wildman–Crippen MR) is 108 cm³/mol. The maximum Gasteiger partial charge on any atom is 0.230 e. The molecule has 142 valence electrons. The van der Waals surface area contributed by atoms with E-state index in [4.69, 9.17) is 0 Å². The second-order valence-electron chi connectivity index (χ2n) is 7.30. The maximum atomic E-state index is 12.8. The number of aromatic nitrogens is 2. The molecule has 27 heavy (non-hydrogen) atoms. The van der Waals surface area contributed by atoms with Gasteiger partial charge < -0.3 is 10.2 Å². The topological polar surface area (TPSA) is 67.2 Å². The number of hydrogen-bond acceptors (Lipinski definition) is 3. The first-order valence-corrected chi connectivity index (χ1v) is 10.3. The summed E-state index contributed by atoms with van der Waals surface area (Å²) in [6.45, 7) is 0.394. The molecule has 2 fully saturated rings. The lowest BCUT2D eigenvalue weighted by molar-refractivity contribution is -0.122. The molecule has 1 atom stereocenters. The van der Waals surface area contributed by atoms with Gasteiger partial charge in [-0.2, -0.15) is 5.10 Å². The number of carbonyl (C=O) groups is 2. The average Bonchev–Trinajstić information content (AvgIpc) is 3.29. The zero-order valence-electron chi connectivity index (χ0n) is 15.1. The van der Waals surface area contributed by atoms with Gasteiger partial charge in [0.05, 0.1) is 23.8 Å². The number of anilines is 2. The summed E-state index contributed by atoms with van der Waals surface area (Å²) in [6.07, 6.45) is 7.84. The summed E-state index contributed by atoms with van der Waals surface area (Å²) in [5.74, 6) is 0.233. The molecule has 0 radical (unpaired) electrons. The van der Waals surface area contributed by atoms with Crippen molar-refractivity contribution < 1.29 is 9.59 Å². The standard InChI is InChI=1S/C20H23BrN4O2/c21-16-8-4-5-9-17(16)24-13-14(12-19(24)26)20(27)23-18-10-11-22-25(18)15-6-2-1-3-7-15/h4-5,8-11,14-15H,1-3,6-7,12-13H2,(H,23,27)/t14-/m0/s1. The molecule has 1 aromatic carbocycles. The highest BCUT2D eigenvalue weighted by atomic mass is 79.9. The summed E-state index contributed by atoms with van der Waals surface area (Å²) in [5, 5.41) is 7.43. The van der Waals surface area contributed by atoms with Gasteiger partial charge in [-0.3, -0.25) is 9.59 Å². The molecule has 1 aromatic heterocycles. The van der Waals surface area contributed by atoms with Crippen molar-refractivity contribution >= 4 is 39.2 Å². The number of nitrogens with zero attached hydrogens (tertiary/aromatic N) is 3. The Morgan fingerprint density at radius 3 is 2.70 bits per heavy atom. The van der Waals surface area contributed by atoms with Crippen molar-refractivity contribution in [1.29, 1.82) is 0 Å². The molecule has 4 rings (SSSR count). The van der Waals surface area contributed by atoms with Crippen LogP contribution >= 0.6 is 15.9 Å². The Hall–Kier alpha value is -2.15. The molecular weight excluding hydrogens is 408 g/mol. The van der Waals surface area contributed by atoms with E-state index in [1.165, 1.54) is 19.3 Å². The third-order valence-electron chi connectivity index (χ3n) is 5.48. The molecule has 1 saturated carbocycles. The van der Waals surface area contributed by atoms with Gasteiger partial charge in [-0.15, -0.1) is 0 Å². The largest absolute Gasteiger partial charge is 0.311 e. The minimum Gasteiger partial charge on any atom is -0.311 e. The zero-order valence-corrected chi connectivity index (χ0v) is 16.7. The highest BCUT2D eigenvalue weighted by Crippen LogP contribution is 2.33. The van der Waals surface area contributed by atoms with Gasteiger partial charge in [-0.05, 0) is 40.9 Å². The van der Waals surface area contributed by atoms with Crippen LogP contribution in [0.15, 0.2) is 41.0 Å². The van der Waals surface area contributed by atoms with Crippen molar-refractivity contribution in [1.82, 2.24) is 9.78 Å². The van der Waals surface area contributed by atoms with Crippen molar-refractivity contribution in [2.75, 3.05) is 16.8 Å². The molecule has 0 unspecified atom stereocenters. The lowest BCUT2D eigenvalue weighted by Gasteiger charge is -2.24. The summed E-state index contributed by atoms with van der Waals surface area (Å²) >= 11 is 3.49. The SMILES string of the molecule is O=C(Nc1ccnn1C1CCCCC1)[C@H]1CC(=O)N(c2ccccc2Br)C1. The summed E-state index contributed by atoms with van der Waals surface area (Å²) in [4.78, 5) is 27.0. The van der Waals surface area contributed by atoms with Crippen LogP contribution in [-0.4, -0.2) is 28.1 Å². The molecule has 1 N–H and O–H groups in total. The van der Waals surface area contributed by atoms with Crippen molar-refractivity contribution in [3.8, 4) is 0 Å².